The van der Waals surface area contributed by atoms with E-state index in [9.17, 15) is 13.6 Å². The normalized spacial score (nSPS) is 10.2. The number of halogens is 2. The van der Waals surface area contributed by atoms with Crippen molar-refractivity contribution in [1.82, 2.24) is 0 Å². The topological polar surface area (TPSA) is 50.1 Å². The third kappa shape index (κ3) is 3.52. The number of rotatable bonds is 5. The molecule has 0 fully saturated rings. The van der Waals surface area contributed by atoms with E-state index in [1.807, 2.05) is 6.07 Å². The molecule has 0 aromatic heterocycles. The molecule has 0 amide bonds. The molecule has 0 aliphatic carbocycles. The number of ether oxygens (including phenoxy) is 1. The van der Waals surface area contributed by atoms with Crippen LogP contribution in [0.1, 0.15) is 41.3 Å². The van der Waals surface area contributed by atoms with Crippen molar-refractivity contribution in [2.75, 3.05) is 6.61 Å². The first-order valence-corrected chi connectivity index (χ1v) is 5.55. The van der Waals surface area contributed by atoms with Gasteiger partial charge in [0.15, 0.2) is 0 Å². The minimum Gasteiger partial charge on any atom is -0.462 e. The molecule has 0 spiro atoms. The fourth-order valence-corrected chi connectivity index (χ4v) is 1.57. The molecule has 96 valence electrons. The highest BCUT2D eigenvalue weighted by molar-refractivity contribution is 5.89. The predicted molar refractivity (Wildman–Crippen MR) is 61.3 cm³/mol. The van der Waals surface area contributed by atoms with Gasteiger partial charge in [-0.25, -0.2) is 13.6 Å². The maximum atomic E-state index is 12.7. The Morgan fingerprint density at radius 1 is 1.50 bits per heavy atom. The van der Waals surface area contributed by atoms with Crippen LogP contribution in [-0.2, 0) is 11.2 Å². The third-order valence-corrected chi connectivity index (χ3v) is 2.40. The second-order valence-corrected chi connectivity index (χ2v) is 3.59. The zero-order valence-corrected chi connectivity index (χ0v) is 9.95. The van der Waals surface area contributed by atoms with E-state index >= 15 is 0 Å². The average molecular weight is 253 g/mol. The number of alkyl halides is 2. The van der Waals surface area contributed by atoms with Gasteiger partial charge in [-0.15, -0.1) is 0 Å². The fourth-order valence-electron chi connectivity index (χ4n) is 1.57. The van der Waals surface area contributed by atoms with Crippen LogP contribution in [0.2, 0.25) is 0 Å². The van der Waals surface area contributed by atoms with Crippen LogP contribution >= 0.6 is 0 Å². The van der Waals surface area contributed by atoms with Crippen LogP contribution in [0.3, 0.4) is 0 Å². The molecule has 5 heteroatoms. The van der Waals surface area contributed by atoms with Gasteiger partial charge in [-0.1, -0.05) is 6.07 Å². The lowest BCUT2D eigenvalue weighted by Crippen LogP contribution is -2.06. The fraction of sp³-hybridized carbons (Fsp3) is 0.385. The van der Waals surface area contributed by atoms with E-state index in [1.54, 1.807) is 6.92 Å². The van der Waals surface area contributed by atoms with Crippen molar-refractivity contribution >= 4 is 5.97 Å². The Balaban J connectivity index is 3.05. The highest BCUT2D eigenvalue weighted by Gasteiger charge is 2.16. The summed E-state index contributed by atoms with van der Waals surface area (Å²) in [5, 5.41) is 8.49. The molecule has 0 aliphatic heterocycles. The average Bonchev–Trinajstić information content (AvgIpc) is 2.36. The van der Waals surface area contributed by atoms with Crippen molar-refractivity contribution in [3.05, 3.63) is 34.9 Å². The van der Waals surface area contributed by atoms with Crippen LogP contribution in [0.5, 0.6) is 0 Å². The lowest BCUT2D eigenvalue weighted by atomic mass is 10.0. The number of nitriles is 1. The molecule has 0 radical (unpaired) electrons. The largest absolute Gasteiger partial charge is 0.462 e. The van der Waals surface area contributed by atoms with E-state index < -0.39 is 12.4 Å². The van der Waals surface area contributed by atoms with Gasteiger partial charge in [0.05, 0.1) is 18.2 Å². The monoisotopic (exact) mass is 253 g/mol. The molecule has 0 aliphatic rings. The number of carbonyl (C=O) groups excluding carboxylic acids is 1. The third-order valence-electron chi connectivity index (χ3n) is 2.40. The van der Waals surface area contributed by atoms with Gasteiger partial charge < -0.3 is 4.74 Å². The summed E-state index contributed by atoms with van der Waals surface area (Å²) in [6, 6.07) is 5.79. The number of carbonyl (C=O) groups is 1. The Bertz CT molecular complexity index is 467. The molecule has 0 saturated carbocycles. The minimum atomic E-state index is -2.62. The van der Waals surface area contributed by atoms with Gasteiger partial charge in [-0.05, 0) is 31.0 Å². The van der Waals surface area contributed by atoms with Crippen LogP contribution in [0, 0.1) is 11.3 Å². The smallest absolute Gasteiger partial charge is 0.338 e. The summed E-state index contributed by atoms with van der Waals surface area (Å²) in [7, 11) is 0. The molecular weight excluding hydrogens is 240 g/mol. The molecule has 0 N–H and O–H groups in total. The summed E-state index contributed by atoms with van der Waals surface area (Å²) in [6.07, 6.45) is -2.29. The number of benzene rings is 1. The number of esters is 1. The van der Waals surface area contributed by atoms with E-state index in [1.165, 1.54) is 18.2 Å². The first-order valence-electron chi connectivity index (χ1n) is 5.55. The summed E-state index contributed by atoms with van der Waals surface area (Å²) in [5.74, 6) is -0.545. The Kier molecular flexibility index (Phi) is 5.25. The van der Waals surface area contributed by atoms with Crippen molar-refractivity contribution in [2.45, 2.75) is 26.2 Å². The standard InChI is InChI=1S/C13H13F2NO2/c1-2-18-13(17)10-5-6-11(12(14)15)9(8-10)4-3-7-16/h5-6,8,12H,2-4H2,1H3. The molecule has 1 aromatic rings. The van der Waals surface area contributed by atoms with Crippen LogP contribution in [0.25, 0.3) is 0 Å². The first kappa shape index (κ1) is 14.1. The van der Waals surface area contributed by atoms with E-state index in [0.29, 0.717) is 5.56 Å². The number of hydrogen-bond donors (Lipinski definition) is 0. The number of hydrogen-bond acceptors (Lipinski definition) is 3. The number of aryl methyl sites for hydroxylation is 1. The molecule has 3 nitrogen and oxygen atoms in total. The molecular formula is C13H13F2NO2. The summed E-state index contributed by atoms with van der Waals surface area (Å²) >= 11 is 0. The van der Waals surface area contributed by atoms with E-state index in [0.717, 1.165) is 0 Å². The van der Waals surface area contributed by atoms with Crippen molar-refractivity contribution in [3.63, 3.8) is 0 Å². The Morgan fingerprint density at radius 3 is 2.78 bits per heavy atom. The summed E-state index contributed by atoms with van der Waals surface area (Å²) in [5.41, 5.74) is 0.407. The summed E-state index contributed by atoms with van der Waals surface area (Å²) < 4.78 is 30.3. The lowest BCUT2D eigenvalue weighted by Gasteiger charge is -2.09. The molecule has 0 unspecified atom stereocenters. The van der Waals surface area contributed by atoms with Crippen molar-refractivity contribution in [1.29, 1.82) is 5.26 Å². The van der Waals surface area contributed by atoms with Gasteiger partial charge in [-0.2, -0.15) is 5.26 Å². The van der Waals surface area contributed by atoms with E-state index in [2.05, 4.69) is 0 Å². The van der Waals surface area contributed by atoms with Crippen LogP contribution in [0.4, 0.5) is 8.78 Å². The molecule has 0 bridgehead atoms. The summed E-state index contributed by atoms with van der Waals surface area (Å²) in [6.45, 7) is 1.89. The SMILES string of the molecule is CCOC(=O)c1ccc(C(F)F)c(CCC#N)c1. The Morgan fingerprint density at radius 2 is 2.22 bits per heavy atom. The second kappa shape index (κ2) is 6.70. The molecule has 0 saturated heterocycles. The molecule has 1 rings (SSSR count). The minimum absolute atomic E-state index is 0.131. The zero-order valence-electron chi connectivity index (χ0n) is 9.95. The van der Waals surface area contributed by atoms with Gasteiger partial charge in [0, 0.05) is 12.0 Å². The van der Waals surface area contributed by atoms with E-state index in [4.69, 9.17) is 10.00 Å². The maximum absolute atomic E-state index is 12.7. The van der Waals surface area contributed by atoms with Crippen LogP contribution in [-0.4, -0.2) is 12.6 Å². The Labute approximate surface area is 104 Å². The van der Waals surface area contributed by atoms with Crippen LogP contribution < -0.4 is 0 Å². The second-order valence-electron chi connectivity index (χ2n) is 3.59. The highest BCUT2D eigenvalue weighted by atomic mass is 19.3. The molecule has 0 atom stereocenters. The molecule has 0 heterocycles. The number of nitrogens with zero attached hydrogens (tertiary/aromatic N) is 1. The molecule has 18 heavy (non-hydrogen) atoms. The van der Waals surface area contributed by atoms with Crippen molar-refractivity contribution in [2.24, 2.45) is 0 Å². The lowest BCUT2D eigenvalue weighted by molar-refractivity contribution is 0.0526. The first-order chi connectivity index (χ1) is 8.60. The van der Waals surface area contributed by atoms with Gasteiger partial charge in [-0.3, -0.25) is 0 Å². The maximum Gasteiger partial charge on any atom is 0.338 e. The van der Waals surface area contributed by atoms with Gasteiger partial charge >= 0.3 is 5.97 Å². The predicted octanol–water partition coefficient (Wildman–Crippen LogP) is 3.26. The van der Waals surface area contributed by atoms with Gasteiger partial charge in [0.2, 0.25) is 0 Å². The summed E-state index contributed by atoms with van der Waals surface area (Å²) in [4.78, 5) is 11.5. The van der Waals surface area contributed by atoms with Crippen molar-refractivity contribution < 1.29 is 18.3 Å². The molecule has 1 aromatic carbocycles. The van der Waals surface area contributed by atoms with Crippen molar-refractivity contribution in [3.8, 4) is 6.07 Å². The van der Waals surface area contributed by atoms with Crippen LogP contribution in [0.15, 0.2) is 18.2 Å². The zero-order chi connectivity index (χ0) is 13.5. The van der Waals surface area contributed by atoms with Gasteiger partial charge in [0.1, 0.15) is 0 Å². The van der Waals surface area contributed by atoms with Gasteiger partial charge in [0.25, 0.3) is 6.43 Å². The quantitative estimate of drug-likeness (QED) is 0.757. The Hall–Kier alpha value is -1.96. The van der Waals surface area contributed by atoms with E-state index in [-0.39, 0.29) is 30.6 Å². The highest BCUT2D eigenvalue weighted by Crippen LogP contribution is 2.25.